The van der Waals surface area contributed by atoms with Crippen LogP contribution >= 0.6 is 11.8 Å². The highest BCUT2D eigenvalue weighted by Crippen LogP contribution is 2.42. The number of benzene rings is 3. The van der Waals surface area contributed by atoms with Crippen LogP contribution in [0.15, 0.2) is 65.6 Å². The number of ether oxygens (including phenoxy) is 6. The molecular weight excluding hydrogens is 512 g/mol. The molecule has 0 radical (unpaired) electrons. The Morgan fingerprint density at radius 1 is 0.795 bits per heavy atom. The standard InChI is InChI=1S/C19H24O2S.C13H18O4/c1-3-13-20-19-17(11-8-12-18(19)22-14-4-2)21-15-16-9-6-5-7-10-16;1-14-11-7-9(10-5-4-6-17-10)8-12(15-2)13(11)16-3/h5-12H,3-4,13-15H2,1-2H3;7-8,10H,4-6H2,1-3H3. The van der Waals surface area contributed by atoms with Crippen LogP contribution < -0.4 is 23.7 Å². The predicted octanol–water partition coefficient (Wildman–Crippen LogP) is 8.12. The number of thioether (sulfide) groups is 1. The first-order valence-electron chi connectivity index (χ1n) is 13.6. The Balaban J connectivity index is 0.000000223. The van der Waals surface area contributed by atoms with Gasteiger partial charge in [-0.05, 0) is 66.8 Å². The first-order valence-corrected chi connectivity index (χ1v) is 14.6. The second-order valence-corrected chi connectivity index (χ2v) is 10.2. The van der Waals surface area contributed by atoms with Gasteiger partial charge in [0.15, 0.2) is 23.0 Å². The number of hydrogen-bond donors (Lipinski definition) is 0. The molecule has 0 N–H and O–H groups in total. The van der Waals surface area contributed by atoms with Crippen molar-refractivity contribution in [2.75, 3.05) is 40.3 Å². The van der Waals surface area contributed by atoms with E-state index in [0.29, 0.717) is 30.5 Å². The summed E-state index contributed by atoms with van der Waals surface area (Å²) in [5.41, 5.74) is 2.24. The first kappa shape index (κ1) is 30.5. The molecule has 1 atom stereocenters. The van der Waals surface area contributed by atoms with E-state index >= 15 is 0 Å². The number of methoxy groups -OCH3 is 3. The van der Waals surface area contributed by atoms with Crippen molar-refractivity contribution in [3.63, 3.8) is 0 Å². The van der Waals surface area contributed by atoms with Gasteiger partial charge in [-0.15, -0.1) is 11.8 Å². The monoisotopic (exact) mass is 554 g/mol. The predicted molar refractivity (Wildman–Crippen MR) is 158 cm³/mol. The topological polar surface area (TPSA) is 55.4 Å². The summed E-state index contributed by atoms with van der Waals surface area (Å²) in [7, 11) is 4.85. The fourth-order valence-corrected chi connectivity index (χ4v) is 5.03. The summed E-state index contributed by atoms with van der Waals surface area (Å²) in [6.07, 6.45) is 4.42. The van der Waals surface area contributed by atoms with E-state index in [0.717, 1.165) is 60.7 Å². The molecule has 0 aromatic heterocycles. The van der Waals surface area contributed by atoms with Gasteiger partial charge >= 0.3 is 0 Å². The van der Waals surface area contributed by atoms with Crippen LogP contribution in [0.2, 0.25) is 0 Å². The van der Waals surface area contributed by atoms with Gasteiger partial charge in [0, 0.05) is 6.61 Å². The minimum atomic E-state index is 0.142. The molecule has 1 saturated heterocycles. The third kappa shape index (κ3) is 9.01. The van der Waals surface area contributed by atoms with Crippen LogP contribution in [0.5, 0.6) is 28.7 Å². The first-order chi connectivity index (χ1) is 19.1. The van der Waals surface area contributed by atoms with E-state index in [1.54, 1.807) is 21.3 Å². The van der Waals surface area contributed by atoms with Gasteiger partial charge in [-0.3, -0.25) is 0 Å². The fraction of sp³-hybridized carbons (Fsp3) is 0.438. The van der Waals surface area contributed by atoms with Gasteiger partial charge < -0.3 is 28.4 Å². The van der Waals surface area contributed by atoms with Crippen molar-refractivity contribution in [1.82, 2.24) is 0 Å². The molecule has 1 unspecified atom stereocenters. The molecule has 4 rings (SSSR count). The average Bonchev–Trinajstić information content (AvgIpc) is 3.53. The normalized spacial score (nSPS) is 14.2. The molecule has 6 nitrogen and oxygen atoms in total. The van der Waals surface area contributed by atoms with Crippen LogP contribution in [0.25, 0.3) is 0 Å². The third-order valence-corrected chi connectivity index (χ3v) is 7.33. The molecule has 1 fully saturated rings. The van der Waals surface area contributed by atoms with E-state index in [1.165, 1.54) is 4.90 Å². The molecule has 1 aliphatic rings. The highest BCUT2D eigenvalue weighted by atomic mass is 32.2. The van der Waals surface area contributed by atoms with Crippen molar-refractivity contribution in [1.29, 1.82) is 0 Å². The molecule has 1 heterocycles. The summed E-state index contributed by atoms with van der Waals surface area (Å²) in [5, 5.41) is 0. The Labute approximate surface area is 237 Å². The van der Waals surface area contributed by atoms with Gasteiger partial charge in [0.05, 0.1) is 38.9 Å². The van der Waals surface area contributed by atoms with Crippen molar-refractivity contribution in [3.05, 3.63) is 71.8 Å². The quantitative estimate of drug-likeness (QED) is 0.198. The summed E-state index contributed by atoms with van der Waals surface area (Å²) < 4.78 is 33.5. The second kappa shape index (κ2) is 16.8. The van der Waals surface area contributed by atoms with E-state index in [4.69, 9.17) is 28.4 Å². The summed E-state index contributed by atoms with van der Waals surface area (Å²) in [4.78, 5) is 1.17. The van der Waals surface area contributed by atoms with Gasteiger partial charge in [0.1, 0.15) is 6.61 Å². The summed E-state index contributed by atoms with van der Waals surface area (Å²) in [6, 6.07) is 20.3. The van der Waals surface area contributed by atoms with Crippen LogP contribution in [-0.2, 0) is 11.3 Å². The molecule has 0 amide bonds. The van der Waals surface area contributed by atoms with E-state index in [1.807, 2.05) is 54.2 Å². The molecule has 39 heavy (non-hydrogen) atoms. The molecule has 0 spiro atoms. The molecule has 0 bridgehead atoms. The summed E-state index contributed by atoms with van der Waals surface area (Å²) >= 11 is 1.83. The molecule has 3 aromatic carbocycles. The highest BCUT2D eigenvalue weighted by molar-refractivity contribution is 7.99. The van der Waals surface area contributed by atoms with Gasteiger partial charge in [-0.25, -0.2) is 0 Å². The maximum absolute atomic E-state index is 6.00. The Morgan fingerprint density at radius 3 is 2.13 bits per heavy atom. The smallest absolute Gasteiger partial charge is 0.203 e. The van der Waals surface area contributed by atoms with Crippen molar-refractivity contribution in [2.45, 2.75) is 57.1 Å². The molecule has 3 aromatic rings. The molecule has 0 aliphatic carbocycles. The lowest BCUT2D eigenvalue weighted by Gasteiger charge is -2.16. The fourth-order valence-electron chi connectivity index (χ4n) is 4.14. The van der Waals surface area contributed by atoms with Crippen molar-refractivity contribution >= 4 is 11.8 Å². The maximum atomic E-state index is 6.00. The van der Waals surface area contributed by atoms with Gasteiger partial charge in [-0.2, -0.15) is 0 Å². The van der Waals surface area contributed by atoms with Crippen LogP contribution in [0.3, 0.4) is 0 Å². The zero-order valence-electron chi connectivity index (χ0n) is 23.9. The Hall–Kier alpha value is -3.03. The summed E-state index contributed by atoms with van der Waals surface area (Å²) in [6.45, 7) is 6.40. The Morgan fingerprint density at radius 2 is 1.54 bits per heavy atom. The van der Waals surface area contributed by atoms with E-state index in [9.17, 15) is 0 Å². The van der Waals surface area contributed by atoms with Crippen molar-refractivity contribution in [2.24, 2.45) is 0 Å². The Kier molecular flexibility index (Phi) is 13.2. The molecule has 212 valence electrons. The van der Waals surface area contributed by atoms with Crippen LogP contribution in [0.1, 0.15) is 56.8 Å². The number of para-hydroxylation sites is 1. The lowest BCUT2D eigenvalue weighted by molar-refractivity contribution is 0.111. The van der Waals surface area contributed by atoms with Crippen molar-refractivity contribution in [3.8, 4) is 28.7 Å². The van der Waals surface area contributed by atoms with E-state index < -0.39 is 0 Å². The van der Waals surface area contributed by atoms with E-state index in [2.05, 4.69) is 32.0 Å². The number of hydrogen-bond acceptors (Lipinski definition) is 7. The maximum Gasteiger partial charge on any atom is 0.203 e. The molecule has 1 aliphatic heterocycles. The minimum absolute atomic E-state index is 0.142. The van der Waals surface area contributed by atoms with Crippen LogP contribution in [-0.4, -0.2) is 40.3 Å². The van der Waals surface area contributed by atoms with Gasteiger partial charge in [-0.1, -0.05) is 50.2 Å². The highest BCUT2D eigenvalue weighted by Gasteiger charge is 2.22. The van der Waals surface area contributed by atoms with E-state index in [-0.39, 0.29) is 6.10 Å². The van der Waals surface area contributed by atoms with Gasteiger partial charge in [0.25, 0.3) is 0 Å². The number of rotatable bonds is 13. The molecule has 7 heteroatoms. The molecule has 0 saturated carbocycles. The lowest BCUT2D eigenvalue weighted by Crippen LogP contribution is -2.02. The van der Waals surface area contributed by atoms with Crippen LogP contribution in [0, 0.1) is 0 Å². The largest absolute Gasteiger partial charge is 0.493 e. The minimum Gasteiger partial charge on any atom is -0.493 e. The SMILES string of the molecule is CCCOc1c(OCc2ccccc2)cccc1SCCC.COc1cc(C2CCCO2)cc(OC)c1OC. The lowest BCUT2D eigenvalue weighted by atomic mass is 10.1. The molecular formula is C32H42O6S. The zero-order chi connectivity index (χ0) is 27.9. The van der Waals surface area contributed by atoms with Crippen LogP contribution in [0.4, 0.5) is 0 Å². The summed E-state index contributed by atoms with van der Waals surface area (Å²) in [5.74, 6) is 4.79. The zero-order valence-corrected chi connectivity index (χ0v) is 24.7. The third-order valence-electron chi connectivity index (χ3n) is 6.08. The van der Waals surface area contributed by atoms with Gasteiger partial charge in [0.2, 0.25) is 5.75 Å². The second-order valence-electron chi connectivity index (χ2n) is 9.01. The average molecular weight is 555 g/mol. The Bertz CT molecular complexity index is 1090. The van der Waals surface area contributed by atoms with Crippen molar-refractivity contribution < 1.29 is 28.4 Å².